The van der Waals surface area contributed by atoms with E-state index in [1.807, 2.05) is 11.8 Å². The van der Waals surface area contributed by atoms with Crippen LogP contribution in [0, 0.1) is 5.92 Å². The Morgan fingerprint density at radius 3 is 2.65 bits per heavy atom. The van der Waals surface area contributed by atoms with Gasteiger partial charge in [-0.3, -0.25) is 0 Å². The maximum atomic E-state index is 11.6. The van der Waals surface area contributed by atoms with Gasteiger partial charge in [0.1, 0.15) is 0 Å². The molecule has 2 saturated heterocycles. The first-order valence-electron chi connectivity index (χ1n) is 6.67. The summed E-state index contributed by atoms with van der Waals surface area (Å²) in [5.41, 5.74) is 0. The molecule has 1 unspecified atom stereocenters. The van der Waals surface area contributed by atoms with E-state index in [1.165, 1.54) is 37.2 Å². The summed E-state index contributed by atoms with van der Waals surface area (Å²) >= 11 is 2.02. The number of nitrogens with one attached hydrogen (secondary N) is 3. The predicted molar refractivity (Wildman–Crippen MR) is 72.5 cm³/mol. The van der Waals surface area contributed by atoms with E-state index in [4.69, 9.17) is 0 Å². The maximum absolute atomic E-state index is 11.6. The largest absolute Gasteiger partial charge is 0.338 e. The van der Waals surface area contributed by atoms with Crippen molar-refractivity contribution in [3.05, 3.63) is 0 Å². The van der Waals surface area contributed by atoms with Crippen LogP contribution in [-0.4, -0.2) is 43.2 Å². The molecule has 0 aromatic heterocycles. The van der Waals surface area contributed by atoms with Gasteiger partial charge in [0.25, 0.3) is 0 Å². The fourth-order valence-electron chi connectivity index (χ4n) is 2.40. The Kier molecular flexibility index (Phi) is 5.45. The normalized spacial score (nSPS) is 25.8. The average molecular weight is 257 g/mol. The van der Waals surface area contributed by atoms with E-state index in [-0.39, 0.29) is 6.03 Å². The Morgan fingerprint density at radius 1 is 1.18 bits per heavy atom. The molecule has 2 aliphatic heterocycles. The van der Waals surface area contributed by atoms with Gasteiger partial charge >= 0.3 is 6.03 Å². The molecule has 2 rings (SSSR count). The number of rotatable bonds is 4. The molecule has 4 nitrogen and oxygen atoms in total. The molecule has 0 aromatic rings. The molecular weight excluding hydrogens is 234 g/mol. The van der Waals surface area contributed by atoms with E-state index < -0.39 is 0 Å². The fourth-order valence-corrected chi connectivity index (χ4v) is 3.60. The SMILES string of the molecule is O=C(NCC1CCSCC1)NCC1CCCN1. The average Bonchev–Trinajstić information content (AvgIpc) is 2.88. The van der Waals surface area contributed by atoms with Crippen molar-refractivity contribution < 1.29 is 4.79 Å². The Balaban J connectivity index is 1.53. The van der Waals surface area contributed by atoms with Gasteiger partial charge in [0.2, 0.25) is 0 Å². The van der Waals surface area contributed by atoms with Crippen molar-refractivity contribution in [2.24, 2.45) is 5.92 Å². The van der Waals surface area contributed by atoms with E-state index in [1.54, 1.807) is 0 Å². The van der Waals surface area contributed by atoms with Gasteiger partial charge in [0.05, 0.1) is 0 Å². The Bertz CT molecular complexity index is 238. The van der Waals surface area contributed by atoms with Crippen LogP contribution in [0.15, 0.2) is 0 Å². The van der Waals surface area contributed by atoms with Gasteiger partial charge in [-0.05, 0) is 49.7 Å². The summed E-state index contributed by atoms with van der Waals surface area (Å²) < 4.78 is 0. The summed E-state index contributed by atoms with van der Waals surface area (Å²) in [4.78, 5) is 11.6. The van der Waals surface area contributed by atoms with E-state index in [2.05, 4.69) is 16.0 Å². The summed E-state index contributed by atoms with van der Waals surface area (Å²) in [6.45, 7) is 2.69. The molecule has 2 fully saturated rings. The van der Waals surface area contributed by atoms with Crippen LogP contribution in [0.2, 0.25) is 0 Å². The number of amides is 2. The summed E-state index contributed by atoms with van der Waals surface area (Å²) in [6.07, 6.45) is 4.90. The van der Waals surface area contributed by atoms with Crippen LogP contribution in [0.25, 0.3) is 0 Å². The maximum Gasteiger partial charge on any atom is 0.314 e. The zero-order valence-corrected chi connectivity index (χ0v) is 11.2. The van der Waals surface area contributed by atoms with Crippen molar-refractivity contribution in [3.8, 4) is 0 Å². The predicted octanol–water partition coefficient (Wildman–Crippen LogP) is 1.18. The summed E-state index contributed by atoms with van der Waals surface area (Å²) in [7, 11) is 0. The number of hydrogen-bond donors (Lipinski definition) is 3. The third-order valence-corrected chi connectivity index (χ3v) is 4.61. The lowest BCUT2D eigenvalue weighted by atomic mass is 10.0. The molecule has 0 aliphatic carbocycles. The molecule has 0 bridgehead atoms. The molecule has 0 aromatic carbocycles. The molecule has 0 spiro atoms. The summed E-state index contributed by atoms with van der Waals surface area (Å²) in [5, 5.41) is 9.31. The Labute approximate surface area is 108 Å². The van der Waals surface area contributed by atoms with Crippen LogP contribution < -0.4 is 16.0 Å². The molecule has 2 amide bonds. The van der Waals surface area contributed by atoms with Gasteiger partial charge in [-0.1, -0.05) is 0 Å². The lowest BCUT2D eigenvalue weighted by molar-refractivity contribution is 0.237. The second-order valence-electron chi connectivity index (χ2n) is 4.94. The molecule has 5 heteroatoms. The van der Waals surface area contributed by atoms with E-state index in [9.17, 15) is 4.79 Å². The third kappa shape index (κ3) is 4.76. The van der Waals surface area contributed by atoms with Crippen LogP contribution >= 0.6 is 11.8 Å². The van der Waals surface area contributed by atoms with E-state index in [0.717, 1.165) is 19.6 Å². The number of carbonyl (C=O) groups is 1. The number of carbonyl (C=O) groups excluding carboxylic acids is 1. The molecule has 2 heterocycles. The molecule has 1 atom stereocenters. The molecule has 2 aliphatic rings. The summed E-state index contributed by atoms with van der Waals surface area (Å²) in [6, 6.07) is 0.476. The molecule has 0 saturated carbocycles. The van der Waals surface area contributed by atoms with Crippen LogP contribution in [0.4, 0.5) is 4.79 Å². The minimum Gasteiger partial charge on any atom is -0.338 e. The second-order valence-corrected chi connectivity index (χ2v) is 6.16. The number of thioether (sulfide) groups is 1. The molecule has 3 N–H and O–H groups in total. The van der Waals surface area contributed by atoms with Crippen LogP contribution in [-0.2, 0) is 0 Å². The Hall–Kier alpha value is -0.420. The Morgan fingerprint density at radius 2 is 1.94 bits per heavy atom. The van der Waals surface area contributed by atoms with Gasteiger partial charge in [-0.15, -0.1) is 0 Å². The van der Waals surface area contributed by atoms with E-state index >= 15 is 0 Å². The first kappa shape index (κ1) is 13.0. The van der Waals surface area contributed by atoms with Crippen molar-refractivity contribution >= 4 is 17.8 Å². The molecule has 98 valence electrons. The van der Waals surface area contributed by atoms with Gasteiger partial charge in [0, 0.05) is 19.1 Å². The highest BCUT2D eigenvalue weighted by Gasteiger charge is 2.16. The van der Waals surface area contributed by atoms with Crippen molar-refractivity contribution in [1.29, 1.82) is 0 Å². The van der Waals surface area contributed by atoms with Crippen LogP contribution in [0.5, 0.6) is 0 Å². The standard InChI is InChI=1S/C12H23N3OS/c16-12(15-9-11-2-1-5-13-11)14-8-10-3-6-17-7-4-10/h10-11,13H,1-9H2,(H2,14,15,16). The monoisotopic (exact) mass is 257 g/mol. The molecule has 17 heavy (non-hydrogen) atoms. The van der Waals surface area contributed by atoms with Crippen LogP contribution in [0.1, 0.15) is 25.7 Å². The summed E-state index contributed by atoms with van der Waals surface area (Å²) in [5.74, 6) is 3.19. The first-order chi connectivity index (χ1) is 8.34. The first-order valence-corrected chi connectivity index (χ1v) is 7.83. The number of urea groups is 1. The van der Waals surface area contributed by atoms with Crippen molar-refractivity contribution in [1.82, 2.24) is 16.0 Å². The van der Waals surface area contributed by atoms with Gasteiger partial charge < -0.3 is 16.0 Å². The highest BCUT2D eigenvalue weighted by Crippen LogP contribution is 2.21. The number of hydrogen-bond acceptors (Lipinski definition) is 3. The lowest BCUT2D eigenvalue weighted by Gasteiger charge is -2.21. The van der Waals surface area contributed by atoms with Crippen LogP contribution in [0.3, 0.4) is 0 Å². The van der Waals surface area contributed by atoms with Gasteiger partial charge in [-0.25, -0.2) is 4.79 Å². The zero-order valence-electron chi connectivity index (χ0n) is 10.3. The smallest absolute Gasteiger partial charge is 0.314 e. The fraction of sp³-hybridized carbons (Fsp3) is 0.917. The lowest BCUT2D eigenvalue weighted by Crippen LogP contribution is -2.43. The topological polar surface area (TPSA) is 53.2 Å². The van der Waals surface area contributed by atoms with Gasteiger partial charge in [-0.2, -0.15) is 11.8 Å². The zero-order chi connectivity index (χ0) is 11.9. The quantitative estimate of drug-likeness (QED) is 0.709. The highest BCUT2D eigenvalue weighted by molar-refractivity contribution is 7.99. The second kappa shape index (κ2) is 7.11. The molecule has 0 radical (unpaired) electrons. The van der Waals surface area contributed by atoms with Crippen molar-refractivity contribution in [2.45, 2.75) is 31.7 Å². The highest BCUT2D eigenvalue weighted by atomic mass is 32.2. The minimum atomic E-state index is -0.00285. The van der Waals surface area contributed by atoms with Gasteiger partial charge in [0.15, 0.2) is 0 Å². The minimum absolute atomic E-state index is 0.00285. The van der Waals surface area contributed by atoms with Crippen molar-refractivity contribution in [2.75, 3.05) is 31.1 Å². The molecular formula is C12H23N3OS. The van der Waals surface area contributed by atoms with Crippen molar-refractivity contribution in [3.63, 3.8) is 0 Å². The van der Waals surface area contributed by atoms with E-state index in [0.29, 0.717) is 12.0 Å². The third-order valence-electron chi connectivity index (χ3n) is 3.56.